The molecule has 4 aromatic rings. The van der Waals surface area contributed by atoms with E-state index < -0.39 is 23.3 Å². The Morgan fingerprint density at radius 2 is 1.97 bits per heavy atom. The number of halogens is 3. The summed E-state index contributed by atoms with van der Waals surface area (Å²) in [4.78, 5) is 30.1. The number of fused-ring (bicyclic) bond motifs is 1. The minimum absolute atomic E-state index is 0.00920. The van der Waals surface area contributed by atoms with Crippen molar-refractivity contribution in [2.24, 2.45) is 0 Å². The highest BCUT2D eigenvalue weighted by atomic mass is 19.4. The lowest BCUT2D eigenvalue weighted by Crippen LogP contribution is -2.19. The average Bonchev–Trinajstić information content (AvgIpc) is 3.35. The van der Waals surface area contributed by atoms with Crippen LogP contribution >= 0.6 is 0 Å². The highest BCUT2D eigenvalue weighted by molar-refractivity contribution is 5.87. The molecular formula is C18H13F3N6O4. The highest BCUT2D eigenvalue weighted by Crippen LogP contribution is 2.35. The number of carbonyl (C=O) groups is 1. The van der Waals surface area contributed by atoms with E-state index in [0.29, 0.717) is 0 Å². The van der Waals surface area contributed by atoms with Crippen molar-refractivity contribution in [2.45, 2.75) is 12.7 Å². The number of carboxylic acid groups (broad SMARTS) is 1. The van der Waals surface area contributed by atoms with Gasteiger partial charge < -0.3 is 9.84 Å². The van der Waals surface area contributed by atoms with Crippen LogP contribution in [0.4, 0.5) is 13.2 Å². The molecule has 3 aromatic heterocycles. The zero-order valence-electron chi connectivity index (χ0n) is 15.5. The van der Waals surface area contributed by atoms with Crippen LogP contribution in [-0.4, -0.2) is 47.2 Å². The lowest BCUT2D eigenvalue weighted by atomic mass is 10.2. The summed E-state index contributed by atoms with van der Waals surface area (Å²) < 4.78 is 46.7. The minimum Gasteiger partial charge on any atom is -0.491 e. The standard InChI is InChI=1S/C18H13F3N6O4/c19-18(20,21)11-3-1-2-4-13(11)31-6-5-26-14-12(8-23-26)24-17(25-15(14)28)27-9-10(7-22-27)16(29)30/h1-4,7-9H,5-6H2,(H,29,30)(H,24,25,28). The van der Waals surface area contributed by atoms with Gasteiger partial charge in [0.05, 0.1) is 30.1 Å². The molecule has 2 N–H and O–H groups in total. The molecule has 160 valence electrons. The second-order valence-corrected chi connectivity index (χ2v) is 6.31. The first-order chi connectivity index (χ1) is 14.7. The van der Waals surface area contributed by atoms with E-state index in [4.69, 9.17) is 9.84 Å². The lowest BCUT2D eigenvalue weighted by molar-refractivity contribution is -0.139. The number of aromatic carboxylic acids is 1. The molecule has 0 bridgehead atoms. The predicted octanol–water partition coefficient (Wildman–Crippen LogP) is 2.10. The first-order valence-corrected chi connectivity index (χ1v) is 8.77. The molecule has 4 rings (SSSR count). The Morgan fingerprint density at radius 3 is 2.68 bits per heavy atom. The fourth-order valence-corrected chi connectivity index (χ4v) is 2.89. The quantitative estimate of drug-likeness (QED) is 0.476. The van der Waals surface area contributed by atoms with Crippen molar-refractivity contribution in [3.05, 3.63) is 64.3 Å². The van der Waals surface area contributed by atoms with Gasteiger partial charge in [-0.1, -0.05) is 12.1 Å². The molecule has 0 aliphatic rings. The van der Waals surface area contributed by atoms with Crippen LogP contribution in [0.5, 0.6) is 5.75 Å². The number of H-pyrrole nitrogens is 1. The van der Waals surface area contributed by atoms with Crippen LogP contribution in [0.15, 0.2) is 47.7 Å². The number of aromatic nitrogens is 6. The zero-order valence-corrected chi connectivity index (χ0v) is 15.5. The summed E-state index contributed by atoms with van der Waals surface area (Å²) in [6, 6.07) is 4.81. The first kappa shape index (κ1) is 20.1. The normalized spacial score (nSPS) is 11.7. The number of hydrogen-bond donors (Lipinski definition) is 2. The summed E-state index contributed by atoms with van der Waals surface area (Å²) in [5, 5.41) is 16.8. The topological polar surface area (TPSA) is 128 Å². The first-order valence-electron chi connectivity index (χ1n) is 8.77. The maximum Gasteiger partial charge on any atom is 0.419 e. The van der Waals surface area contributed by atoms with E-state index in [2.05, 4.69) is 20.2 Å². The maximum absolute atomic E-state index is 13.0. The molecule has 10 nitrogen and oxygen atoms in total. The fourth-order valence-electron chi connectivity index (χ4n) is 2.89. The predicted molar refractivity (Wildman–Crippen MR) is 99.2 cm³/mol. The van der Waals surface area contributed by atoms with E-state index in [1.807, 2.05) is 0 Å². The molecule has 0 radical (unpaired) electrons. The van der Waals surface area contributed by atoms with Crippen LogP contribution in [0.3, 0.4) is 0 Å². The number of para-hydroxylation sites is 1. The number of nitrogens with zero attached hydrogens (tertiary/aromatic N) is 5. The molecule has 0 amide bonds. The Bertz CT molecular complexity index is 1320. The fraction of sp³-hybridized carbons (Fsp3) is 0.167. The smallest absolute Gasteiger partial charge is 0.419 e. The Balaban J connectivity index is 1.55. The number of hydrogen-bond acceptors (Lipinski definition) is 6. The van der Waals surface area contributed by atoms with Crippen LogP contribution in [0.25, 0.3) is 17.0 Å². The van der Waals surface area contributed by atoms with Gasteiger partial charge in [0.25, 0.3) is 5.56 Å². The van der Waals surface area contributed by atoms with Crippen molar-refractivity contribution >= 4 is 17.0 Å². The van der Waals surface area contributed by atoms with Gasteiger partial charge in [0.15, 0.2) is 5.52 Å². The number of alkyl halides is 3. The van der Waals surface area contributed by atoms with Crippen molar-refractivity contribution in [1.82, 2.24) is 29.5 Å². The monoisotopic (exact) mass is 434 g/mol. The largest absolute Gasteiger partial charge is 0.491 e. The minimum atomic E-state index is -4.56. The van der Waals surface area contributed by atoms with E-state index in [-0.39, 0.29) is 41.4 Å². The molecule has 0 saturated carbocycles. The van der Waals surface area contributed by atoms with Gasteiger partial charge in [0.1, 0.15) is 17.9 Å². The van der Waals surface area contributed by atoms with E-state index in [0.717, 1.165) is 16.9 Å². The van der Waals surface area contributed by atoms with Crippen LogP contribution in [-0.2, 0) is 12.7 Å². The molecule has 0 spiro atoms. The molecule has 3 heterocycles. The van der Waals surface area contributed by atoms with Gasteiger partial charge in [-0.15, -0.1) is 0 Å². The number of rotatable bonds is 6. The Labute approximate surface area is 170 Å². The molecule has 0 saturated heterocycles. The number of aromatic amines is 1. The van der Waals surface area contributed by atoms with Gasteiger partial charge in [-0.2, -0.15) is 23.4 Å². The molecule has 0 unspecified atom stereocenters. The van der Waals surface area contributed by atoms with E-state index in [9.17, 15) is 22.8 Å². The number of ether oxygens (including phenoxy) is 1. The summed E-state index contributed by atoms with van der Waals surface area (Å²) >= 11 is 0. The van der Waals surface area contributed by atoms with Gasteiger partial charge >= 0.3 is 12.1 Å². The van der Waals surface area contributed by atoms with Gasteiger partial charge in [0, 0.05) is 6.20 Å². The second-order valence-electron chi connectivity index (χ2n) is 6.31. The zero-order chi connectivity index (χ0) is 22.2. The Morgan fingerprint density at radius 1 is 1.19 bits per heavy atom. The summed E-state index contributed by atoms with van der Waals surface area (Å²) in [6.45, 7) is -0.184. The second kappa shape index (κ2) is 7.59. The highest BCUT2D eigenvalue weighted by Gasteiger charge is 2.34. The molecule has 0 fully saturated rings. The van der Waals surface area contributed by atoms with Gasteiger partial charge in [0.2, 0.25) is 5.95 Å². The average molecular weight is 434 g/mol. The summed E-state index contributed by atoms with van der Waals surface area (Å²) in [6.07, 6.45) is -0.965. The van der Waals surface area contributed by atoms with Gasteiger partial charge in [-0.25, -0.2) is 14.5 Å². The van der Waals surface area contributed by atoms with Crippen molar-refractivity contribution in [3.8, 4) is 11.7 Å². The summed E-state index contributed by atoms with van der Waals surface area (Å²) in [7, 11) is 0. The van der Waals surface area contributed by atoms with E-state index in [1.54, 1.807) is 0 Å². The van der Waals surface area contributed by atoms with Crippen molar-refractivity contribution < 1.29 is 27.8 Å². The Hall–Kier alpha value is -4.16. The van der Waals surface area contributed by atoms with Crippen molar-refractivity contribution in [1.29, 1.82) is 0 Å². The Kier molecular flexibility index (Phi) is 4.93. The SMILES string of the molecule is O=C(O)c1cnn(-c2nc3cnn(CCOc4ccccc4C(F)(F)F)c3c(=O)[nH]2)c1. The molecule has 31 heavy (non-hydrogen) atoms. The van der Waals surface area contributed by atoms with Crippen LogP contribution in [0.1, 0.15) is 15.9 Å². The van der Waals surface area contributed by atoms with Crippen LogP contribution in [0.2, 0.25) is 0 Å². The number of nitrogens with one attached hydrogen (secondary N) is 1. The third-order valence-electron chi connectivity index (χ3n) is 4.29. The van der Waals surface area contributed by atoms with E-state index >= 15 is 0 Å². The van der Waals surface area contributed by atoms with Crippen molar-refractivity contribution in [3.63, 3.8) is 0 Å². The molecule has 1 aromatic carbocycles. The summed E-state index contributed by atoms with van der Waals surface area (Å²) in [5.41, 5.74) is -1.29. The van der Waals surface area contributed by atoms with E-state index in [1.165, 1.54) is 35.3 Å². The van der Waals surface area contributed by atoms with Crippen LogP contribution in [0, 0.1) is 0 Å². The number of carboxylic acids is 1. The third kappa shape index (κ3) is 3.97. The molecule has 13 heteroatoms. The van der Waals surface area contributed by atoms with Gasteiger partial charge in [-0.3, -0.25) is 14.5 Å². The van der Waals surface area contributed by atoms with Crippen LogP contribution < -0.4 is 10.3 Å². The maximum atomic E-state index is 13.0. The molecule has 0 aliphatic carbocycles. The van der Waals surface area contributed by atoms with Crippen molar-refractivity contribution in [2.75, 3.05) is 6.61 Å². The summed E-state index contributed by atoms with van der Waals surface area (Å²) in [5.74, 6) is -1.52. The number of benzene rings is 1. The molecule has 0 atom stereocenters. The van der Waals surface area contributed by atoms with Gasteiger partial charge in [-0.05, 0) is 12.1 Å². The third-order valence-corrected chi connectivity index (χ3v) is 4.29. The lowest BCUT2D eigenvalue weighted by Gasteiger charge is -2.13. The molecule has 0 aliphatic heterocycles. The molecular weight excluding hydrogens is 421 g/mol.